The van der Waals surface area contributed by atoms with E-state index in [0.29, 0.717) is 25.4 Å². The van der Waals surface area contributed by atoms with Crippen molar-refractivity contribution in [2.45, 2.75) is 47.1 Å². The van der Waals surface area contributed by atoms with Gasteiger partial charge in [-0.2, -0.15) is 0 Å². The van der Waals surface area contributed by atoms with Crippen LogP contribution in [0.2, 0.25) is 0 Å². The highest BCUT2D eigenvalue weighted by Crippen LogP contribution is 2.25. The van der Waals surface area contributed by atoms with Gasteiger partial charge in [0.25, 0.3) is 0 Å². The Labute approximate surface area is 133 Å². The molecule has 22 heavy (non-hydrogen) atoms. The lowest BCUT2D eigenvalue weighted by molar-refractivity contribution is -0.141. The highest BCUT2D eigenvalue weighted by Gasteiger charge is 2.35. The predicted molar refractivity (Wildman–Crippen MR) is 88.9 cm³/mol. The molecule has 1 atom stereocenters. The molecule has 0 spiro atoms. The first kappa shape index (κ1) is 16.5. The molecule has 0 aliphatic carbocycles. The van der Waals surface area contributed by atoms with E-state index in [2.05, 4.69) is 6.07 Å². The molecular formula is C18H26N2O2. The van der Waals surface area contributed by atoms with Gasteiger partial charge in [0.1, 0.15) is 6.04 Å². The second kappa shape index (κ2) is 6.51. The zero-order valence-electron chi connectivity index (χ0n) is 14.2. The molecular weight excluding hydrogens is 276 g/mol. The molecule has 1 fully saturated rings. The van der Waals surface area contributed by atoms with E-state index in [1.165, 1.54) is 5.56 Å². The van der Waals surface area contributed by atoms with Crippen LogP contribution >= 0.6 is 0 Å². The molecule has 1 aliphatic rings. The van der Waals surface area contributed by atoms with E-state index in [-0.39, 0.29) is 17.9 Å². The van der Waals surface area contributed by atoms with Crippen LogP contribution in [0.3, 0.4) is 0 Å². The summed E-state index contributed by atoms with van der Waals surface area (Å²) in [6.07, 6.45) is 0.501. The molecule has 1 heterocycles. The van der Waals surface area contributed by atoms with Crippen molar-refractivity contribution >= 4 is 17.5 Å². The largest absolute Gasteiger partial charge is 0.329 e. The molecule has 0 saturated carbocycles. The number of piperazine rings is 1. The molecule has 2 amide bonds. The van der Waals surface area contributed by atoms with Crippen molar-refractivity contribution in [1.82, 2.24) is 4.90 Å². The topological polar surface area (TPSA) is 40.6 Å². The van der Waals surface area contributed by atoms with Crippen LogP contribution in [-0.4, -0.2) is 35.8 Å². The molecule has 0 bridgehead atoms. The van der Waals surface area contributed by atoms with Gasteiger partial charge >= 0.3 is 0 Å². The summed E-state index contributed by atoms with van der Waals surface area (Å²) in [5, 5.41) is 0. The molecule has 120 valence electrons. The number of carbonyl (C=O) groups excluding carboxylic acids is 2. The van der Waals surface area contributed by atoms with Crippen molar-refractivity contribution in [1.29, 1.82) is 0 Å². The second-order valence-corrected chi connectivity index (χ2v) is 6.64. The summed E-state index contributed by atoms with van der Waals surface area (Å²) < 4.78 is 0. The molecule has 2 rings (SSSR count). The number of nitrogens with zero attached hydrogens (tertiary/aromatic N) is 2. The summed E-state index contributed by atoms with van der Waals surface area (Å²) in [5.74, 6) is 0.401. The summed E-state index contributed by atoms with van der Waals surface area (Å²) in [4.78, 5) is 28.5. The standard InChI is InChI=1S/C18H26N2O2/c1-12(2)10-17(21)19-8-9-20(18(22)15(19)5)16-7-6-13(3)11-14(16)4/h6-7,11-12,15H,8-10H2,1-5H3/t15-/m1/s1. The normalized spacial score (nSPS) is 19.0. The second-order valence-electron chi connectivity index (χ2n) is 6.64. The third-order valence-electron chi connectivity index (χ3n) is 4.20. The quantitative estimate of drug-likeness (QED) is 0.861. The van der Waals surface area contributed by atoms with Crippen LogP contribution < -0.4 is 4.90 Å². The van der Waals surface area contributed by atoms with Gasteiger partial charge in [0, 0.05) is 25.2 Å². The molecule has 1 aliphatic heterocycles. The van der Waals surface area contributed by atoms with Crippen LogP contribution in [0.4, 0.5) is 5.69 Å². The Morgan fingerprint density at radius 2 is 1.95 bits per heavy atom. The number of aryl methyl sites for hydroxylation is 2. The summed E-state index contributed by atoms with van der Waals surface area (Å²) in [7, 11) is 0. The number of hydrogen-bond donors (Lipinski definition) is 0. The fourth-order valence-electron chi connectivity index (χ4n) is 3.03. The number of carbonyl (C=O) groups is 2. The predicted octanol–water partition coefficient (Wildman–Crippen LogP) is 2.91. The Hall–Kier alpha value is -1.84. The monoisotopic (exact) mass is 302 g/mol. The van der Waals surface area contributed by atoms with Gasteiger partial charge in [-0.05, 0) is 38.3 Å². The first-order valence-corrected chi connectivity index (χ1v) is 7.99. The molecule has 0 aromatic heterocycles. The van der Waals surface area contributed by atoms with Crippen molar-refractivity contribution in [3.05, 3.63) is 29.3 Å². The number of benzene rings is 1. The van der Waals surface area contributed by atoms with Crippen molar-refractivity contribution in [2.75, 3.05) is 18.0 Å². The lowest BCUT2D eigenvalue weighted by atomic mass is 10.0. The summed E-state index contributed by atoms with van der Waals surface area (Å²) in [6, 6.07) is 5.72. The van der Waals surface area contributed by atoms with Crippen LogP contribution in [0.15, 0.2) is 18.2 Å². The SMILES string of the molecule is Cc1ccc(N2CCN(C(=O)CC(C)C)[C@H](C)C2=O)c(C)c1. The van der Waals surface area contributed by atoms with Crippen molar-refractivity contribution < 1.29 is 9.59 Å². The lowest BCUT2D eigenvalue weighted by Gasteiger charge is -2.40. The van der Waals surface area contributed by atoms with Gasteiger partial charge in [-0.3, -0.25) is 9.59 Å². The van der Waals surface area contributed by atoms with Gasteiger partial charge in [0.2, 0.25) is 11.8 Å². The molecule has 0 N–H and O–H groups in total. The van der Waals surface area contributed by atoms with Crippen LogP contribution in [0.5, 0.6) is 0 Å². The van der Waals surface area contributed by atoms with Crippen LogP contribution in [0, 0.1) is 19.8 Å². The summed E-state index contributed by atoms with van der Waals surface area (Å²) in [5.41, 5.74) is 3.24. The zero-order valence-corrected chi connectivity index (χ0v) is 14.2. The van der Waals surface area contributed by atoms with Gasteiger partial charge in [-0.25, -0.2) is 0 Å². The number of anilines is 1. The third-order valence-corrected chi connectivity index (χ3v) is 4.20. The smallest absolute Gasteiger partial charge is 0.249 e. The molecule has 0 unspecified atom stereocenters. The Bertz CT molecular complexity index is 580. The first-order valence-electron chi connectivity index (χ1n) is 7.99. The summed E-state index contributed by atoms with van der Waals surface area (Å²) >= 11 is 0. The molecule has 1 aromatic rings. The van der Waals surface area contributed by atoms with E-state index >= 15 is 0 Å². The van der Waals surface area contributed by atoms with Gasteiger partial charge in [0.15, 0.2) is 0 Å². The maximum Gasteiger partial charge on any atom is 0.249 e. The first-order chi connectivity index (χ1) is 10.3. The van der Waals surface area contributed by atoms with E-state index in [4.69, 9.17) is 0 Å². The van der Waals surface area contributed by atoms with E-state index < -0.39 is 0 Å². The summed E-state index contributed by atoms with van der Waals surface area (Å²) in [6.45, 7) is 11.1. The minimum Gasteiger partial charge on any atom is -0.329 e. The minimum atomic E-state index is -0.388. The van der Waals surface area contributed by atoms with Crippen LogP contribution in [-0.2, 0) is 9.59 Å². The Morgan fingerprint density at radius 1 is 1.27 bits per heavy atom. The molecule has 1 aromatic carbocycles. The van der Waals surface area contributed by atoms with Crippen molar-refractivity contribution in [3.63, 3.8) is 0 Å². The van der Waals surface area contributed by atoms with Gasteiger partial charge < -0.3 is 9.80 Å². The highest BCUT2D eigenvalue weighted by molar-refractivity contribution is 6.00. The maximum absolute atomic E-state index is 12.7. The van der Waals surface area contributed by atoms with E-state index in [1.807, 2.05) is 51.7 Å². The maximum atomic E-state index is 12.7. The van der Waals surface area contributed by atoms with Crippen LogP contribution in [0.1, 0.15) is 38.3 Å². The van der Waals surface area contributed by atoms with Gasteiger partial charge in [-0.15, -0.1) is 0 Å². The third kappa shape index (κ3) is 3.32. The van der Waals surface area contributed by atoms with E-state index in [1.54, 1.807) is 4.90 Å². The van der Waals surface area contributed by atoms with Crippen molar-refractivity contribution in [2.24, 2.45) is 5.92 Å². The van der Waals surface area contributed by atoms with E-state index in [9.17, 15) is 9.59 Å². The Balaban J connectivity index is 2.17. The molecule has 4 nitrogen and oxygen atoms in total. The molecule has 4 heteroatoms. The van der Waals surface area contributed by atoms with Gasteiger partial charge in [-0.1, -0.05) is 31.5 Å². The molecule has 0 radical (unpaired) electrons. The lowest BCUT2D eigenvalue weighted by Crippen LogP contribution is -2.58. The average molecular weight is 302 g/mol. The highest BCUT2D eigenvalue weighted by atomic mass is 16.2. The Kier molecular flexibility index (Phi) is 4.89. The van der Waals surface area contributed by atoms with E-state index in [0.717, 1.165) is 11.3 Å². The zero-order chi connectivity index (χ0) is 16.4. The van der Waals surface area contributed by atoms with Crippen molar-refractivity contribution in [3.8, 4) is 0 Å². The minimum absolute atomic E-state index is 0.00955. The number of hydrogen-bond acceptors (Lipinski definition) is 2. The molecule has 1 saturated heterocycles. The number of rotatable bonds is 3. The fraction of sp³-hybridized carbons (Fsp3) is 0.556. The van der Waals surface area contributed by atoms with Crippen LogP contribution in [0.25, 0.3) is 0 Å². The van der Waals surface area contributed by atoms with Gasteiger partial charge in [0.05, 0.1) is 0 Å². The fourth-order valence-corrected chi connectivity index (χ4v) is 3.03. The number of amides is 2. The average Bonchev–Trinajstić information content (AvgIpc) is 2.41. The Morgan fingerprint density at radius 3 is 2.55 bits per heavy atom.